The minimum absolute atomic E-state index is 0.0158. The summed E-state index contributed by atoms with van der Waals surface area (Å²) in [5, 5.41) is 0. The van der Waals surface area contributed by atoms with Crippen LogP contribution in [-0.4, -0.2) is 7.11 Å². The zero-order valence-corrected chi connectivity index (χ0v) is 12.7. The molecule has 21 heavy (non-hydrogen) atoms. The maximum absolute atomic E-state index is 6.36. The molecule has 0 saturated carbocycles. The molecule has 1 aliphatic rings. The third-order valence-corrected chi connectivity index (χ3v) is 4.22. The van der Waals surface area contributed by atoms with Gasteiger partial charge in [-0.2, -0.15) is 0 Å². The highest BCUT2D eigenvalue weighted by Crippen LogP contribution is 2.42. The van der Waals surface area contributed by atoms with Crippen LogP contribution in [0.1, 0.15) is 40.8 Å². The van der Waals surface area contributed by atoms with Gasteiger partial charge in [0.2, 0.25) is 0 Å². The van der Waals surface area contributed by atoms with E-state index in [4.69, 9.17) is 15.2 Å². The summed E-state index contributed by atoms with van der Waals surface area (Å²) in [6, 6.07) is 12.1. The number of rotatable bonds is 2. The molecule has 0 amide bonds. The topological polar surface area (TPSA) is 44.5 Å². The summed E-state index contributed by atoms with van der Waals surface area (Å²) in [4.78, 5) is 0. The quantitative estimate of drug-likeness (QED) is 0.911. The van der Waals surface area contributed by atoms with Crippen LogP contribution < -0.4 is 15.2 Å². The van der Waals surface area contributed by atoms with Crippen molar-refractivity contribution in [2.45, 2.75) is 32.4 Å². The Morgan fingerprint density at radius 2 is 1.86 bits per heavy atom. The first kappa shape index (κ1) is 14.0. The highest BCUT2D eigenvalue weighted by molar-refractivity contribution is 5.45. The Morgan fingerprint density at radius 1 is 1.14 bits per heavy atom. The summed E-state index contributed by atoms with van der Waals surface area (Å²) in [6.45, 7) is 4.25. The van der Waals surface area contributed by atoms with Crippen molar-refractivity contribution >= 4 is 0 Å². The van der Waals surface area contributed by atoms with Crippen molar-refractivity contribution in [2.75, 3.05) is 7.11 Å². The lowest BCUT2D eigenvalue weighted by molar-refractivity contribution is 0.160. The van der Waals surface area contributed by atoms with Gasteiger partial charge in [0.25, 0.3) is 0 Å². The number of benzene rings is 2. The number of ether oxygens (including phenoxy) is 2. The van der Waals surface area contributed by atoms with E-state index in [1.165, 1.54) is 16.7 Å². The molecule has 0 fully saturated rings. The van der Waals surface area contributed by atoms with Crippen molar-refractivity contribution in [1.29, 1.82) is 0 Å². The van der Waals surface area contributed by atoms with E-state index in [2.05, 4.69) is 32.0 Å². The van der Waals surface area contributed by atoms with Gasteiger partial charge in [-0.05, 0) is 48.7 Å². The van der Waals surface area contributed by atoms with Gasteiger partial charge in [0.1, 0.15) is 17.6 Å². The largest absolute Gasteiger partial charge is 0.497 e. The maximum atomic E-state index is 6.36. The van der Waals surface area contributed by atoms with Crippen LogP contribution in [0.3, 0.4) is 0 Å². The van der Waals surface area contributed by atoms with Crippen molar-refractivity contribution in [3.05, 3.63) is 58.7 Å². The summed E-state index contributed by atoms with van der Waals surface area (Å²) in [7, 11) is 1.66. The van der Waals surface area contributed by atoms with E-state index in [1.54, 1.807) is 7.11 Å². The highest BCUT2D eigenvalue weighted by atomic mass is 16.5. The molecule has 2 aromatic carbocycles. The molecule has 0 aliphatic carbocycles. The molecule has 2 N–H and O–H groups in total. The second-order valence-electron chi connectivity index (χ2n) is 5.66. The van der Waals surface area contributed by atoms with Gasteiger partial charge >= 0.3 is 0 Å². The van der Waals surface area contributed by atoms with Gasteiger partial charge in [-0.1, -0.05) is 18.2 Å². The lowest BCUT2D eigenvalue weighted by Crippen LogP contribution is -2.25. The van der Waals surface area contributed by atoms with E-state index in [9.17, 15) is 0 Å². The molecule has 3 rings (SSSR count). The van der Waals surface area contributed by atoms with Gasteiger partial charge in [0, 0.05) is 18.0 Å². The molecule has 0 bridgehead atoms. The lowest BCUT2D eigenvalue weighted by atomic mass is 9.89. The predicted octanol–water partition coefficient (Wildman–Crippen LogP) is 3.84. The molecule has 1 aliphatic heterocycles. The molecule has 2 atom stereocenters. The Labute approximate surface area is 125 Å². The Kier molecular flexibility index (Phi) is 3.60. The first-order valence-corrected chi connectivity index (χ1v) is 7.26. The number of nitrogens with two attached hydrogens (primary N) is 1. The van der Waals surface area contributed by atoms with Crippen LogP contribution in [0.25, 0.3) is 0 Å². The number of aryl methyl sites for hydroxylation is 2. The molecular formula is C18H21NO2. The predicted molar refractivity (Wildman–Crippen MR) is 83.8 cm³/mol. The third-order valence-electron chi connectivity index (χ3n) is 4.22. The smallest absolute Gasteiger partial charge is 0.126 e. The standard InChI is InChI=1S/C18H21NO2/c1-11-5-4-6-12(2)18(11)17-10-15(19)14-9-13(20-3)7-8-16(14)21-17/h4-9,15,17H,10,19H2,1-3H3/t15-,17?/m1/s1. The fourth-order valence-electron chi connectivity index (χ4n) is 3.12. The van der Waals surface area contributed by atoms with Crippen LogP contribution in [0.5, 0.6) is 11.5 Å². The zero-order chi connectivity index (χ0) is 15.0. The van der Waals surface area contributed by atoms with Crippen LogP contribution >= 0.6 is 0 Å². The molecular weight excluding hydrogens is 262 g/mol. The molecule has 3 nitrogen and oxygen atoms in total. The first-order valence-electron chi connectivity index (χ1n) is 7.26. The molecule has 110 valence electrons. The molecule has 0 saturated heterocycles. The normalized spacial score (nSPS) is 20.6. The zero-order valence-electron chi connectivity index (χ0n) is 12.7. The molecule has 1 heterocycles. The first-order chi connectivity index (χ1) is 10.1. The number of hydrogen-bond acceptors (Lipinski definition) is 3. The molecule has 0 radical (unpaired) electrons. The second kappa shape index (κ2) is 5.41. The Bertz CT molecular complexity index is 646. The minimum Gasteiger partial charge on any atom is -0.497 e. The monoisotopic (exact) mass is 283 g/mol. The third kappa shape index (κ3) is 2.49. The van der Waals surface area contributed by atoms with Gasteiger partial charge in [0.15, 0.2) is 0 Å². The van der Waals surface area contributed by atoms with Crippen molar-refractivity contribution < 1.29 is 9.47 Å². The van der Waals surface area contributed by atoms with Crippen LogP contribution in [0.15, 0.2) is 36.4 Å². The van der Waals surface area contributed by atoms with Crippen LogP contribution in [0.2, 0.25) is 0 Å². The van der Waals surface area contributed by atoms with Crippen molar-refractivity contribution in [1.82, 2.24) is 0 Å². The highest BCUT2D eigenvalue weighted by Gasteiger charge is 2.29. The lowest BCUT2D eigenvalue weighted by Gasteiger charge is -2.32. The van der Waals surface area contributed by atoms with Gasteiger partial charge in [-0.15, -0.1) is 0 Å². The molecule has 2 aromatic rings. The van der Waals surface area contributed by atoms with E-state index < -0.39 is 0 Å². The average Bonchev–Trinajstić information content (AvgIpc) is 2.47. The summed E-state index contributed by atoms with van der Waals surface area (Å²) in [5.41, 5.74) is 11.2. The molecule has 0 spiro atoms. The van der Waals surface area contributed by atoms with Crippen molar-refractivity contribution in [2.24, 2.45) is 5.73 Å². The van der Waals surface area contributed by atoms with E-state index >= 15 is 0 Å². The fourth-order valence-corrected chi connectivity index (χ4v) is 3.12. The van der Waals surface area contributed by atoms with E-state index in [0.29, 0.717) is 0 Å². The van der Waals surface area contributed by atoms with E-state index in [1.807, 2.05) is 18.2 Å². The number of hydrogen-bond donors (Lipinski definition) is 1. The van der Waals surface area contributed by atoms with Gasteiger partial charge in [-0.25, -0.2) is 0 Å². The minimum atomic E-state index is -0.0344. The van der Waals surface area contributed by atoms with Crippen molar-refractivity contribution in [3.63, 3.8) is 0 Å². The molecule has 1 unspecified atom stereocenters. The second-order valence-corrected chi connectivity index (χ2v) is 5.66. The number of fused-ring (bicyclic) bond motifs is 1. The summed E-state index contributed by atoms with van der Waals surface area (Å²) in [5.74, 6) is 1.68. The van der Waals surface area contributed by atoms with Gasteiger partial charge < -0.3 is 15.2 Å². The summed E-state index contributed by atoms with van der Waals surface area (Å²) < 4.78 is 11.5. The average molecular weight is 283 g/mol. The van der Waals surface area contributed by atoms with E-state index in [-0.39, 0.29) is 12.1 Å². The fraction of sp³-hybridized carbons (Fsp3) is 0.333. The van der Waals surface area contributed by atoms with Crippen LogP contribution in [-0.2, 0) is 0 Å². The summed E-state index contributed by atoms with van der Waals surface area (Å²) in [6.07, 6.45) is 0.799. The SMILES string of the molecule is COc1ccc2c(c1)[C@H](N)CC(c1c(C)cccc1C)O2. The van der Waals surface area contributed by atoms with Gasteiger partial charge in [-0.3, -0.25) is 0 Å². The van der Waals surface area contributed by atoms with E-state index in [0.717, 1.165) is 23.5 Å². The van der Waals surface area contributed by atoms with Gasteiger partial charge in [0.05, 0.1) is 7.11 Å². The maximum Gasteiger partial charge on any atom is 0.126 e. The summed E-state index contributed by atoms with van der Waals surface area (Å²) >= 11 is 0. The van der Waals surface area contributed by atoms with Crippen molar-refractivity contribution in [3.8, 4) is 11.5 Å². The Morgan fingerprint density at radius 3 is 2.52 bits per heavy atom. The molecule has 3 heteroatoms. The van der Waals surface area contributed by atoms with Crippen LogP contribution in [0, 0.1) is 13.8 Å². The number of methoxy groups -OCH3 is 1. The van der Waals surface area contributed by atoms with Crippen LogP contribution in [0.4, 0.5) is 0 Å². The Hall–Kier alpha value is -2.00. The molecule has 0 aromatic heterocycles. The Balaban J connectivity index is 1.99.